The summed E-state index contributed by atoms with van der Waals surface area (Å²) in [5.41, 5.74) is 2.90. The first kappa shape index (κ1) is 15.8. The molecule has 3 aromatic rings. The number of nitrogens with one attached hydrogen (secondary N) is 2. The molecular formula is C19H14N4O3. The van der Waals surface area contributed by atoms with Crippen LogP contribution in [0.2, 0.25) is 0 Å². The van der Waals surface area contributed by atoms with E-state index in [9.17, 15) is 14.4 Å². The van der Waals surface area contributed by atoms with E-state index < -0.39 is 17.7 Å². The number of imide groups is 1. The fraction of sp³-hybridized carbons (Fsp3) is 0.0526. The molecule has 2 aromatic carbocycles. The smallest absolute Gasteiger partial charge is 0.262 e. The Morgan fingerprint density at radius 3 is 2.42 bits per heavy atom. The molecule has 1 aromatic heterocycles. The lowest BCUT2D eigenvalue weighted by atomic mass is 10.1. The second kappa shape index (κ2) is 6.29. The van der Waals surface area contributed by atoms with Crippen LogP contribution in [0.1, 0.15) is 20.7 Å². The number of amides is 3. The number of rotatable bonds is 4. The van der Waals surface area contributed by atoms with Gasteiger partial charge in [-0.1, -0.05) is 24.3 Å². The highest BCUT2D eigenvalue weighted by atomic mass is 16.2. The van der Waals surface area contributed by atoms with E-state index >= 15 is 0 Å². The predicted molar refractivity (Wildman–Crippen MR) is 94.5 cm³/mol. The van der Waals surface area contributed by atoms with Gasteiger partial charge in [0, 0.05) is 11.3 Å². The van der Waals surface area contributed by atoms with Crippen LogP contribution in [0.15, 0.2) is 61.1 Å². The lowest BCUT2D eigenvalue weighted by Gasteiger charge is -2.14. The minimum atomic E-state index is -0.452. The number of fused-ring (bicyclic) bond motifs is 1. The SMILES string of the molecule is O=C(CN1C(=O)c2ccccc2C1=O)Nc1cccc(-c2cnc[nH]2)c1. The number of imidazole rings is 1. The van der Waals surface area contributed by atoms with Gasteiger partial charge in [0.05, 0.1) is 29.3 Å². The van der Waals surface area contributed by atoms with Crippen LogP contribution in [-0.4, -0.2) is 39.1 Å². The lowest BCUT2D eigenvalue weighted by molar-refractivity contribution is -0.116. The molecule has 1 aliphatic heterocycles. The quantitative estimate of drug-likeness (QED) is 0.709. The van der Waals surface area contributed by atoms with Gasteiger partial charge in [0.2, 0.25) is 5.91 Å². The number of aromatic amines is 1. The third-order valence-electron chi connectivity index (χ3n) is 4.14. The Bertz CT molecular complexity index is 976. The second-order valence-electron chi connectivity index (χ2n) is 5.84. The van der Waals surface area contributed by atoms with E-state index in [4.69, 9.17) is 0 Å². The normalized spacial score (nSPS) is 13.0. The van der Waals surface area contributed by atoms with Crippen LogP contribution in [0.25, 0.3) is 11.3 Å². The molecule has 0 saturated carbocycles. The Balaban J connectivity index is 1.48. The van der Waals surface area contributed by atoms with Gasteiger partial charge in [-0.05, 0) is 24.3 Å². The van der Waals surface area contributed by atoms with E-state index in [2.05, 4.69) is 15.3 Å². The number of hydrogen-bond donors (Lipinski definition) is 2. The molecule has 0 saturated heterocycles. The van der Waals surface area contributed by atoms with E-state index in [0.29, 0.717) is 16.8 Å². The van der Waals surface area contributed by atoms with E-state index in [1.807, 2.05) is 6.07 Å². The van der Waals surface area contributed by atoms with Crippen LogP contribution in [0.4, 0.5) is 5.69 Å². The highest BCUT2D eigenvalue weighted by molar-refractivity contribution is 6.22. The zero-order valence-electron chi connectivity index (χ0n) is 13.6. The molecule has 7 nitrogen and oxygen atoms in total. The van der Waals surface area contributed by atoms with Crippen LogP contribution in [0.3, 0.4) is 0 Å². The van der Waals surface area contributed by atoms with E-state index in [1.54, 1.807) is 55.0 Å². The van der Waals surface area contributed by atoms with E-state index in [0.717, 1.165) is 16.2 Å². The Hall–Kier alpha value is -3.74. The summed E-state index contributed by atoms with van der Waals surface area (Å²) in [6.07, 6.45) is 3.25. The van der Waals surface area contributed by atoms with Crippen molar-refractivity contribution in [1.82, 2.24) is 14.9 Å². The molecule has 0 atom stereocenters. The number of hydrogen-bond acceptors (Lipinski definition) is 4. The molecule has 0 spiro atoms. The average Bonchev–Trinajstić information content (AvgIpc) is 3.26. The number of carbonyl (C=O) groups is 3. The molecular weight excluding hydrogens is 332 g/mol. The molecule has 2 N–H and O–H groups in total. The summed E-state index contributed by atoms with van der Waals surface area (Å²) in [7, 11) is 0. The molecule has 0 unspecified atom stereocenters. The molecule has 128 valence electrons. The number of anilines is 1. The highest BCUT2D eigenvalue weighted by Gasteiger charge is 2.36. The summed E-state index contributed by atoms with van der Waals surface area (Å²) in [5, 5.41) is 2.72. The van der Waals surface area contributed by atoms with Crippen molar-refractivity contribution in [2.45, 2.75) is 0 Å². The fourth-order valence-corrected chi connectivity index (χ4v) is 2.91. The molecule has 1 aliphatic rings. The highest BCUT2D eigenvalue weighted by Crippen LogP contribution is 2.23. The van der Waals surface area contributed by atoms with Gasteiger partial charge >= 0.3 is 0 Å². The minimum absolute atomic E-state index is 0.326. The van der Waals surface area contributed by atoms with Crippen LogP contribution < -0.4 is 5.32 Å². The average molecular weight is 346 g/mol. The van der Waals surface area contributed by atoms with E-state index in [1.165, 1.54) is 0 Å². The van der Waals surface area contributed by atoms with Gasteiger partial charge in [0.25, 0.3) is 11.8 Å². The first-order valence-corrected chi connectivity index (χ1v) is 7.97. The van der Waals surface area contributed by atoms with Gasteiger partial charge in [0.15, 0.2) is 0 Å². The lowest BCUT2D eigenvalue weighted by Crippen LogP contribution is -2.37. The van der Waals surface area contributed by atoms with Gasteiger partial charge in [-0.2, -0.15) is 0 Å². The molecule has 3 amide bonds. The van der Waals surface area contributed by atoms with Crippen molar-refractivity contribution in [1.29, 1.82) is 0 Å². The first-order chi connectivity index (χ1) is 12.6. The Morgan fingerprint density at radius 1 is 1.04 bits per heavy atom. The molecule has 7 heteroatoms. The number of benzene rings is 2. The third-order valence-corrected chi connectivity index (χ3v) is 4.14. The summed E-state index contributed by atoms with van der Waals surface area (Å²) < 4.78 is 0. The Morgan fingerprint density at radius 2 is 1.77 bits per heavy atom. The monoisotopic (exact) mass is 346 g/mol. The molecule has 26 heavy (non-hydrogen) atoms. The number of aromatic nitrogens is 2. The van der Waals surface area contributed by atoms with Crippen molar-refractivity contribution in [2.24, 2.45) is 0 Å². The summed E-state index contributed by atoms with van der Waals surface area (Å²) in [4.78, 5) is 44.9. The standard InChI is InChI=1S/C19H14N4O3/c24-17(10-23-18(25)14-6-1-2-7-15(14)19(23)26)22-13-5-3-4-12(8-13)16-9-20-11-21-16/h1-9,11H,10H2,(H,20,21)(H,22,24). The van der Waals surface area contributed by atoms with Gasteiger partial charge in [-0.15, -0.1) is 0 Å². The summed E-state index contributed by atoms with van der Waals surface area (Å²) in [5.74, 6) is -1.35. The van der Waals surface area contributed by atoms with Crippen molar-refractivity contribution >= 4 is 23.4 Å². The molecule has 2 heterocycles. The van der Waals surface area contributed by atoms with Gasteiger partial charge in [-0.3, -0.25) is 19.3 Å². The van der Waals surface area contributed by atoms with Crippen molar-refractivity contribution in [2.75, 3.05) is 11.9 Å². The zero-order chi connectivity index (χ0) is 18.1. The maximum atomic E-state index is 12.3. The van der Waals surface area contributed by atoms with Crippen molar-refractivity contribution in [3.05, 3.63) is 72.2 Å². The Kier molecular flexibility index (Phi) is 3.81. The summed E-state index contributed by atoms with van der Waals surface area (Å²) in [6.45, 7) is -0.333. The van der Waals surface area contributed by atoms with Crippen LogP contribution in [-0.2, 0) is 4.79 Å². The minimum Gasteiger partial charge on any atom is -0.345 e. The van der Waals surface area contributed by atoms with Crippen molar-refractivity contribution in [3.8, 4) is 11.3 Å². The maximum Gasteiger partial charge on any atom is 0.262 e. The van der Waals surface area contributed by atoms with Crippen LogP contribution in [0, 0.1) is 0 Å². The van der Waals surface area contributed by atoms with Crippen LogP contribution >= 0.6 is 0 Å². The first-order valence-electron chi connectivity index (χ1n) is 7.97. The largest absolute Gasteiger partial charge is 0.345 e. The predicted octanol–water partition coefficient (Wildman–Crippen LogP) is 2.31. The third kappa shape index (κ3) is 2.75. The number of nitrogens with zero attached hydrogens (tertiary/aromatic N) is 2. The van der Waals surface area contributed by atoms with Gasteiger partial charge in [-0.25, -0.2) is 4.98 Å². The Labute approximate surface area is 148 Å². The van der Waals surface area contributed by atoms with Gasteiger partial charge in [0.1, 0.15) is 6.54 Å². The molecule has 0 fully saturated rings. The van der Waals surface area contributed by atoms with E-state index in [-0.39, 0.29) is 6.54 Å². The van der Waals surface area contributed by atoms with Crippen molar-refractivity contribution in [3.63, 3.8) is 0 Å². The maximum absolute atomic E-state index is 12.3. The van der Waals surface area contributed by atoms with Gasteiger partial charge < -0.3 is 10.3 Å². The molecule has 0 radical (unpaired) electrons. The zero-order valence-corrected chi connectivity index (χ0v) is 13.6. The second-order valence-corrected chi connectivity index (χ2v) is 5.84. The molecule has 0 bridgehead atoms. The molecule has 4 rings (SSSR count). The number of carbonyl (C=O) groups excluding carboxylic acids is 3. The van der Waals surface area contributed by atoms with Crippen molar-refractivity contribution < 1.29 is 14.4 Å². The molecule has 0 aliphatic carbocycles. The topological polar surface area (TPSA) is 95.2 Å². The fourth-order valence-electron chi connectivity index (χ4n) is 2.91. The van der Waals surface area contributed by atoms with Crippen LogP contribution in [0.5, 0.6) is 0 Å². The number of H-pyrrole nitrogens is 1. The summed E-state index contributed by atoms with van der Waals surface area (Å²) in [6, 6.07) is 13.8. The summed E-state index contributed by atoms with van der Waals surface area (Å²) >= 11 is 0.